The molecule has 7 nitrogen and oxygen atoms in total. The Balaban J connectivity index is 1.63. The average Bonchev–Trinajstić information content (AvgIpc) is 3.07. The summed E-state index contributed by atoms with van der Waals surface area (Å²) in [5.74, 6) is -0.647. The van der Waals surface area contributed by atoms with E-state index in [1.807, 2.05) is 31.2 Å². The highest BCUT2D eigenvalue weighted by Gasteiger charge is 2.46. The van der Waals surface area contributed by atoms with E-state index in [1.54, 1.807) is 11.8 Å². The second-order valence-electron chi connectivity index (χ2n) is 7.63. The predicted octanol–water partition coefficient (Wildman–Crippen LogP) is 0.597. The zero-order valence-corrected chi connectivity index (χ0v) is 15.9. The molecule has 0 radical (unpaired) electrons. The molecule has 3 amide bonds. The number of nitrogens with zero attached hydrogens (tertiary/aromatic N) is 1. The van der Waals surface area contributed by atoms with E-state index in [1.165, 1.54) is 0 Å². The summed E-state index contributed by atoms with van der Waals surface area (Å²) in [6.07, 6.45) is 2.86. The van der Waals surface area contributed by atoms with Crippen molar-refractivity contribution in [3.63, 3.8) is 0 Å². The smallest absolute Gasteiger partial charge is 0.246 e. The fraction of sp³-hybridized carbons (Fsp3) is 0.550. The van der Waals surface area contributed by atoms with Crippen LogP contribution in [0.2, 0.25) is 0 Å². The van der Waals surface area contributed by atoms with Gasteiger partial charge in [0, 0.05) is 12.6 Å². The predicted molar refractivity (Wildman–Crippen MR) is 101 cm³/mol. The second-order valence-corrected chi connectivity index (χ2v) is 7.63. The third kappa shape index (κ3) is 4.30. The van der Waals surface area contributed by atoms with E-state index >= 15 is 0 Å². The summed E-state index contributed by atoms with van der Waals surface area (Å²) < 4.78 is 0. The Bertz CT molecular complexity index is 734. The van der Waals surface area contributed by atoms with Gasteiger partial charge < -0.3 is 21.3 Å². The van der Waals surface area contributed by atoms with Gasteiger partial charge in [0.2, 0.25) is 17.7 Å². The number of aryl methyl sites for hydroxylation is 1. The van der Waals surface area contributed by atoms with E-state index in [0.29, 0.717) is 19.4 Å². The average molecular weight is 372 g/mol. The van der Waals surface area contributed by atoms with E-state index in [0.717, 1.165) is 24.0 Å². The third-order valence-electron chi connectivity index (χ3n) is 5.43. The molecule has 0 bridgehead atoms. The SMILES string of the molecule is Cc1cccc(CNC(=O)[C@@H]2CC[C@@H]3CC[C@H](NC(=O)[C@H](C)N)C(=O)N32)c1. The first kappa shape index (κ1) is 19.4. The first-order chi connectivity index (χ1) is 12.9. The normalized spacial score (nSPS) is 25.7. The maximum absolute atomic E-state index is 12.9. The first-order valence-electron chi connectivity index (χ1n) is 9.58. The quantitative estimate of drug-likeness (QED) is 0.704. The van der Waals surface area contributed by atoms with Crippen LogP contribution >= 0.6 is 0 Å². The molecule has 2 fully saturated rings. The van der Waals surface area contributed by atoms with Gasteiger partial charge in [-0.25, -0.2) is 0 Å². The van der Waals surface area contributed by atoms with Crippen LogP contribution in [0.1, 0.15) is 43.7 Å². The summed E-state index contributed by atoms with van der Waals surface area (Å²) in [4.78, 5) is 39.2. The maximum Gasteiger partial charge on any atom is 0.246 e. The lowest BCUT2D eigenvalue weighted by Gasteiger charge is -2.38. The van der Waals surface area contributed by atoms with Crippen LogP contribution in [0.3, 0.4) is 0 Å². The van der Waals surface area contributed by atoms with Crippen molar-refractivity contribution < 1.29 is 14.4 Å². The molecule has 2 heterocycles. The van der Waals surface area contributed by atoms with Crippen LogP contribution in [0.5, 0.6) is 0 Å². The van der Waals surface area contributed by atoms with Crippen molar-refractivity contribution in [1.29, 1.82) is 0 Å². The standard InChI is InChI=1S/C20H28N4O3/c1-12-4-3-5-14(10-12)11-22-19(26)17-9-7-15-6-8-16(20(27)24(15)17)23-18(25)13(2)21/h3-5,10,13,15-17H,6-9,11,21H2,1-2H3,(H,22,26)(H,23,25)/t13-,15-,16-,17-/m0/s1. The van der Waals surface area contributed by atoms with Gasteiger partial charge in [0.1, 0.15) is 12.1 Å². The minimum absolute atomic E-state index is 0.0793. The fourth-order valence-electron chi connectivity index (χ4n) is 3.99. The van der Waals surface area contributed by atoms with Gasteiger partial charge in [-0.1, -0.05) is 29.8 Å². The second kappa shape index (κ2) is 8.08. The highest BCUT2D eigenvalue weighted by atomic mass is 16.2. The Morgan fingerprint density at radius 3 is 2.70 bits per heavy atom. The van der Waals surface area contributed by atoms with Crippen LogP contribution in [0.15, 0.2) is 24.3 Å². The van der Waals surface area contributed by atoms with E-state index in [4.69, 9.17) is 5.73 Å². The molecule has 7 heteroatoms. The van der Waals surface area contributed by atoms with E-state index in [-0.39, 0.29) is 23.8 Å². The zero-order chi connectivity index (χ0) is 19.6. The number of hydrogen-bond donors (Lipinski definition) is 3. The Kier molecular flexibility index (Phi) is 5.79. The molecule has 27 heavy (non-hydrogen) atoms. The van der Waals surface area contributed by atoms with E-state index in [9.17, 15) is 14.4 Å². The lowest BCUT2D eigenvalue weighted by atomic mass is 9.97. The number of hydrogen-bond acceptors (Lipinski definition) is 4. The molecule has 3 rings (SSSR count). The Morgan fingerprint density at radius 1 is 1.26 bits per heavy atom. The number of amides is 3. The Labute approximate surface area is 159 Å². The van der Waals surface area contributed by atoms with Gasteiger partial charge in [0.25, 0.3) is 0 Å². The van der Waals surface area contributed by atoms with Crippen LogP contribution in [0, 0.1) is 6.92 Å². The monoisotopic (exact) mass is 372 g/mol. The van der Waals surface area contributed by atoms with Crippen molar-refractivity contribution in [2.24, 2.45) is 5.73 Å². The molecule has 2 saturated heterocycles. The molecular formula is C20H28N4O3. The summed E-state index contributed by atoms with van der Waals surface area (Å²) in [5, 5.41) is 5.67. The topological polar surface area (TPSA) is 105 Å². The molecule has 2 aliphatic rings. The van der Waals surface area contributed by atoms with Crippen LogP contribution in [-0.2, 0) is 20.9 Å². The number of piperidine rings is 1. The van der Waals surface area contributed by atoms with Crippen molar-refractivity contribution in [2.75, 3.05) is 0 Å². The first-order valence-corrected chi connectivity index (χ1v) is 9.58. The van der Waals surface area contributed by atoms with E-state index < -0.39 is 18.1 Å². The highest BCUT2D eigenvalue weighted by molar-refractivity contribution is 5.94. The number of fused-ring (bicyclic) bond motifs is 1. The molecule has 146 valence electrons. The maximum atomic E-state index is 12.9. The minimum atomic E-state index is -0.664. The molecule has 0 aromatic heterocycles. The van der Waals surface area contributed by atoms with Crippen molar-refractivity contribution in [3.05, 3.63) is 35.4 Å². The highest BCUT2D eigenvalue weighted by Crippen LogP contribution is 2.32. The molecule has 1 aromatic carbocycles. The lowest BCUT2D eigenvalue weighted by molar-refractivity contribution is -0.146. The Hall–Kier alpha value is -2.41. The van der Waals surface area contributed by atoms with Gasteiger partial charge >= 0.3 is 0 Å². The molecular weight excluding hydrogens is 344 g/mol. The van der Waals surface area contributed by atoms with Crippen molar-refractivity contribution in [1.82, 2.24) is 15.5 Å². The molecule has 4 N–H and O–H groups in total. The Morgan fingerprint density at radius 2 is 2.00 bits per heavy atom. The van der Waals surface area contributed by atoms with Gasteiger partial charge in [-0.3, -0.25) is 14.4 Å². The summed E-state index contributed by atoms with van der Waals surface area (Å²) in [6.45, 7) is 4.04. The summed E-state index contributed by atoms with van der Waals surface area (Å²) in [6, 6.07) is 6.32. The zero-order valence-electron chi connectivity index (χ0n) is 15.9. The summed E-state index contributed by atoms with van der Waals surface area (Å²) in [5.41, 5.74) is 7.76. The van der Waals surface area contributed by atoms with Gasteiger partial charge in [-0.2, -0.15) is 0 Å². The van der Waals surface area contributed by atoms with Crippen LogP contribution < -0.4 is 16.4 Å². The van der Waals surface area contributed by atoms with Gasteiger partial charge in [-0.15, -0.1) is 0 Å². The van der Waals surface area contributed by atoms with Crippen LogP contribution in [-0.4, -0.2) is 46.8 Å². The molecule has 0 unspecified atom stereocenters. The molecule has 4 atom stereocenters. The third-order valence-corrected chi connectivity index (χ3v) is 5.43. The van der Waals surface area contributed by atoms with Gasteiger partial charge in [0.05, 0.1) is 6.04 Å². The molecule has 0 spiro atoms. The van der Waals surface area contributed by atoms with Crippen molar-refractivity contribution in [2.45, 2.75) is 70.2 Å². The number of nitrogens with one attached hydrogen (secondary N) is 2. The molecule has 0 saturated carbocycles. The van der Waals surface area contributed by atoms with Gasteiger partial charge in [0.15, 0.2) is 0 Å². The molecule has 0 aliphatic carbocycles. The summed E-state index contributed by atoms with van der Waals surface area (Å²) in [7, 11) is 0. The van der Waals surface area contributed by atoms with Crippen LogP contribution in [0.4, 0.5) is 0 Å². The fourth-order valence-corrected chi connectivity index (χ4v) is 3.99. The lowest BCUT2D eigenvalue weighted by Crippen LogP contribution is -2.59. The number of carbonyl (C=O) groups is 3. The number of nitrogens with two attached hydrogens (primary N) is 1. The summed E-state index contributed by atoms with van der Waals surface area (Å²) >= 11 is 0. The number of benzene rings is 1. The van der Waals surface area contributed by atoms with Gasteiger partial charge in [-0.05, 0) is 45.1 Å². The van der Waals surface area contributed by atoms with Crippen molar-refractivity contribution >= 4 is 17.7 Å². The van der Waals surface area contributed by atoms with Crippen molar-refractivity contribution in [3.8, 4) is 0 Å². The largest absolute Gasteiger partial charge is 0.350 e. The number of rotatable bonds is 5. The molecule has 1 aromatic rings. The molecule has 2 aliphatic heterocycles. The number of carbonyl (C=O) groups excluding carboxylic acids is 3. The minimum Gasteiger partial charge on any atom is -0.350 e. The van der Waals surface area contributed by atoms with E-state index in [2.05, 4.69) is 10.6 Å². The van der Waals surface area contributed by atoms with Crippen LogP contribution in [0.25, 0.3) is 0 Å².